The first-order valence-corrected chi connectivity index (χ1v) is 7.66. The maximum atomic E-state index is 12.6. The van der Waals surface area contributed by atoms with Crippen molar-refractivity contribution in [3.05, 3.63) is 41.2 Å². The second kappa shape index (κ2) is 6.79. The summed E-state index contributed by atoms with van der Waals surface area (Å²) in [5.74, 6) is 0.116. The Hall–Kier alpha value is -2.49. The lowest BCUT2D eigenvalue weighted by molar-refractivity contribution is -0.141. The van der Waals surface area contributed by atoms with Gasteiger partial charge in [0.15, 0.2) is 5.82 Å². The molecule has 1 saturated heterocycles. The molecule has 0 radical (unpaired) electrons. The minimum absolute atomic E-state index is 0.000358. The molecule has 0 unspecified atom stereocenters. The van der Waals surface area contributed by atoms with Crippen LogP contribution in [0.3, 0.4) is 0 Å². The Bertz CT molecular complexity index is 748. The number of hydrogen-bond acceptors (Lipinski definition) is 5. The van der Waals surface area contributed by atoms with Crippen molar-refractivity contribution >= 4 is 5.91 Å². The fourth-order valence-electron chi connectivity index (χ4n) is 2.78. The lowest BCUT2D eigenvalue weighted by atomic mass is 10.0. The third kappa shape index (κ3) is 3.78. The molecular weight excluding hydrogens is 339 g/mol. The Morgan fingerprint density at radius 3 is 2.88 bits per heavy atom. The summed E-state index contributed by atoms with van der Waals surface area (Å²) in [7, 11) is 0. The summed E-state index contributed by atoms with van der Waals surface area (Å²) in [6, 6.07) is 1.94. The number of carbonyl (C=O) groups excluding carboxylic acids is 1. The molecule has 2 atom stereocenters. The highest BCUT2D eigenvalue weighted by molar-refractivity contribution is 5.95. The summed E-state index contributed by atoms with van der Waals surface area (Å²) in [5, 5.41) is 9.25. The predicted octanol–water partition coefficient (Wildman–Crippen LogP) is 2.03. The van der Waals surface area contributed by atoms with Gasteiger partial charge in [0.2, 0.25) is 0 Å². The molecule has 2 aromatic rings. The van der Waals surface area contributed by atoms with Gasteiger partial charge in [-0.15, -0.1) is 0 Å². The van der Waals surface area contributed by atoms with Gasteiger partial charge in [0.05, 0.1) is 11.3 Å². The average molecular weight is 355 g/mol. The highest BCUT2D eigenvalue weighted by Gasteiger charge is 2.34. The summed E-state index contributed by atoms with van der Waals surface area (Å²) in [6.07, 6.45) is -2.72. The monoisotopic (exact) mass is 355 g/mol. The molecule has 2 N–H and O–H groups in total. The second-order valence-corrected chi connectivity index (χ2v) is 5.75. The molecule has 0 aromatic carbocycles. The Morgan fingerprint density at radius 2 is 2.24 bits per heavy atom. The van der Waals surface area contributed by atoms with E-state index in [0.717, 1.165) is 18.6 Å². The molecule has 3 rings (SSSR count). The summed E-state index contributed by atoms with van der Waals surface area (Å²) in [4.78, 5) is 19.8. The zero-order chi connectivity index (χ0) is 18.0. The van der Waals surface area contributed by atoms with Gasteiger partial charge in [0, 0.05) is 19.1 Å². The number of pyridine rings is 1. The molecule has 10 heteroatoms. The number of aryl methyl sites for hydroxylation is 1. The average Bonchev–Trinajstić information content (AvgIpc) is 3.22. The molecule has 0 bridgehead atoms. The van der Waals surface area contributed by atoms with Gasteiger partial charge in [-0.1, -0.05) is 0 Å². The van der Waals surface area contributed by atoms with Crippen molar-refractivity contribution < 1.29 is 22.7 Å². The lowest BCUT2D eigenvalue weighted by Gasteiger charge is -2.17. The quantitative estimate of drug-likeness (QED) is 0.875. The number of nitrogens with zero attached hydrogens (tertiary/aromatic N) is 3. The molecule has 25 heavy (non-hydrogen) atoms. The van der Waals surface area contributed by atoms with Crippen LogP contribution in [0.2, 0.25) is 0 Å². The minimum Gasteiger partial charge on any atom is -0.370 e. The van der Waals surface area contributed by atoms with E-state index in [0.29, 0.717) is 19.0 Å². The van der Waals surface area contributed by atoms with Crippen LogP contribution in [-0.4, -0.2) is 39.2 Å². The number of ether oxygens (including phenoxy) is 1. The first-order chi connectivity index (χ1) is 11.9. The highest BCUT2D eigenvalue weighted by Crippen LogP contribution is 2.32. The SMILES string of the molecule is Cc1nc(C(F)(F)F)ccc1C(=O)NC[C@@H]1CCO[C@@H]1c1ncn[nH]1. The van der Waals surface area contributed by atoms with Gasteiger partial charge in [-0.25, -0.2) is 9.97 Å². The molecule has 1 aliphatic heterocycles. The van der Waals surface area contributed by atoms with E-state index in [4.69, 9.17) is 4.74 Å². The number of H-pyrrole nitrogens is 1. The number of halogens is 3. The van der Waals surface area contributed by atoms with Gasteiger partial charge >= 0.3 is 6.18 Å². The summed E-state index contributed by atoms with van der Waals surface area (Å²) < 4.78 is 43.5. The van der Waals surface area contributed by atoms with Crippen LogP contribution in [0.1, 0.15) is 40.1 Å². The largest absolute Gasteiger partial charge is 0.433 e. The Kier molecular flexibility index (Phi) is 4.71. The standard InChI is InChI=1S/C15H16F3N5O2/c1-8-10(2-3-11(22-8)15(16,17)18)14(24)19-6-9-4-5-25-12(9)13-20-7-21-23-13/h2-3,7,9,12H,4-6H2,1H3,(H,19,24)(H,20,21,23)/t9-,12-/m0/s1. The lowest BCUT2D eigenvalue weighted by Crippen LogP contribution is -2.31. The minimum atomic E-state index is -4.54. The third-order valence-corrected chi connectivity index (χ3v) is 4.06. The summed E-state index contributed by atoms with van der Waals surface area (Å²) in [5.41, 5.74) is -0.874. The zero-order valence-corrected chi connectivity index (χ0v) is 13.3. The van der Waals surface area contributed by atoms with E-state index in [-0.39, 0.29) is 23.3 Å². The number of aromatic amines is 1. The van der Waals surface area contributed by atoms with E-state index in [1.165, 1.54) is 13.3 Å². The van der Waals surface area contributed by atoms with Crippen LogP contribution in [0.25, 0.3) is 0 Å². The van der Waals surface area contributed by atoms with E-state index in [2.05, 4.69) is 25.5 Å². The molecule has 1 fully saturated rings. The first-order valence-electron chi connectivity index (χ1n) is 7.66. The Balaban J connectivity index is 1.65. The van der Waals surface area contributed by atoms with Crippen molar-refractivity contribution in [2.24, 2.45) is 5.92 Å². The molecule has 0 aliphatic carbocycles. The molecule has 1 amide bonds. The maximum Gasteiger partial charge on any atom is 0.433 e. The molecule has 2 aromatic heterocycles. The van der Waals surface area contributed by atoms with E-state index in [9.17, 15) is 18.0 Å². The molecule has 3 heterocycles. The first kappa shape index (κ1) is 17.3. The smallest absolute Gasteiger partial charge is 0.370 e. The van der Waals surface area contributed by atoms with Crippen LogP contribution < -0.4 is 5.32 Å². The van der Waals surface area contributed by atoms with Crippen LogP contribution in [0.4, 0.5) is 13.2 Å². The van der Waals surface area contributed by atoms with Crippen LogP contribution >= 0.6 is 0 Å². The van der Waals surface area contributed by atoms with Crippen molar-refractivity contribution in [1.29, 1.82) is 0 Å². The van der Waals surface area contributed by atoms with Crippen molar-refractivity contribution in [3.63, 3.8) is 0 Å². The fraction of sp³-hybridized carbons (Fsp3) is 0.467. The Labute approximate surface area is 141 Å². The molecule has 7 nitrogen and oxygen atoms in total. The Morgan fingerprint density at radius 1 is 1.44 bits per heavy atom. The highest BCUT2D eigenvalue weighted by atomic mass is 19.4. The second-order valence-electron chi connectivity index (χ2n) is 5.75. The molecule has 1 aliphatic rings. The third-order valence-electron chi connectivity index (χ3n) is 4.06. The number of rotatable bonds is 4. The van der Waals surface area contributed by atoms with E-state index in [1.807, 2.05) is 0 Å². The zero-order valence-electron chi connectivity index (χ0n) is 13.3. The number of hydrogen-bond donors (Lipinski definition) is 2. The van der Waals surface area contributed by atoms with Crippen molar-refractivity contribution in [2.45, 2.75) is 25.6 Å². The van der Waals surface area contributed by atoms with Gasteiger partial charge in [-0.2, -0.15) is 18.3 Å². The summed E-state index contributed by atoms with van der Waals surface area (Å²) in [6.45, 7) is 2.22. The van der Waals surface area contributed by atoms with Crippen LogP contribution in [0.5, 0.6) is 0 Å². The van der Waals surface area contributed by atoms with Gasteiger partial charge in [-0.05, 0) is 25.5 Å². The summed E-state index contributed by atoms with van der Waals surface area (Å²) >= 11 is 0. The molecule has 134 valence electrons. The van der Waals surface area contributed by atoms with E-state index in [1.54, 1.807) is 0 Å². The van der Waals surface area contributed by atoms with E-state index < -0.39 is 17.8 Å². The van der Waals surface area contributed by atoms with Crippen molar-refractivity contribution in [2.75, 3.05) is 13.2 Å². The molecule has 0 spiro atoms. The normalized spacial score (nSPS) is 20.6. The van der Waals surface area contributed by atoms with Crippen LogP contribution in [0.15, 0.2) is 18.5 Å². The number of carbonyl (C=O) groups is 1. The van der Waals surface area contributed by atoms with Crippen molar-refractivity contribution in [3.8, 4) is 0 Å². The van der Waals surface area contributed by atoms with Crippen LogP contribution in [-0.2, 0) is 10.9 Å². The van der Waals surface area contributed by atoms with E-state index >= 15 is 0 Å². The molecular formula is C15H16F3N5O2. The number of amides is 1. The fourth-order valence-corrected chi connectivity index (χ4v) is 2.78. The van der Waals surface area contributed by atoms with Gasteiger partial charge in [-0.3, -0.25) is 9.89 Å². The van der Waals surface area contributed by atoms with Gasteiger partial charge in [0.25, 0.3) is 5.91 Å². The van der Waals surface area contributed by atoms with Crippen LogP contribution in [0, 0.1) is 12.8 Å². The number of aromatic nitrogens is 4. The number of alkyl halides is 3. The predicted molar refractivity (Wildman–Crippen MR) is 79.5 cm³/mol. The van der Waals surface area contributed by atoms with Gasteiger partial charge in [0.1, 0.15) is 18.1 Å². The number of nitrogens with one attached hydrogen (secondary N) is 2. The topological polar surface area (TPSA) is 92.8 Å². The maximum absolute atomic E-state index is 12.6. The van der Waals surface area contributed by atoms with Crippen molar-refractivity contribution in [1.82, 2.24) is 25.5 Å². The van der Waals surface area contributed by atoms with Gasteiger partial charge < -0.3 is 10.1 Å². The molecule has 0 saturated carbocycles.